The van der Waals surface area contributed by atoms with Crippen LogP contribution in [0.15, 0.2) is 53.6 Å². The second kappa shape index (κ2) is 7.30. The summed E-state index contributed by atoms with van der Waals surface area (Å²) in [7, 11) is 0. The highest BCUT2D eigenvalue weighted by Gasteiger charge is 2.05. The molecule has 2 rings (SSSR count). The summed E-state index contributed by atoms with van der Waals surface area (Å²) in [5.74, 6) is 0.0693. The maximum atomic E-state index is 12.1. The summed E-state index contributed by atoms with van der Waals surface area (Å²) >= 11 is 0. The third-order valence-corrected chi connectivity index (χ3v) is 2.93. The van der Waals surface area contributed by atoms with Crippen molar-refractivity contribution in [3.63, 3.8) is 0 Å². The summed E-state index contributed by atoms with van der Waals surface area (Å²) in [6.45, 7) is -1.12. The number of anilines is 1. The van der Waals surface area contributed by atoms with E-state index in [0.717, 1.165) is 5.56 Å². The summed E-state index contributed by atoms with van der Waals surface area (Å²) in [5.41, 5.74) is 4.69. The van der Waals surface area contributed by atoms with Gasteiger partial charge in [-0.1, -0.05) is 0 Å². The molecule has 2 aromatic carbocycles. The van der Waals surface area contributed by atoms with Crippen LogP contribution in [-0.4, -0.2) is 17.2 Å². The zero-order valence-corrected chi connectivity index (χ0v) is 12.1. The van der Waals surface area contributed by atoms with Crippen LogP contribution in [0.5, 0.6) is 5.75 Å². The van der Waals surface area contributed by atoms with Gasteiger partial charge in [-0.25, -0.2) is 0 Å². The molecule has 0 saturated carbocycles. The molecule has 0 saturated heterocycles. The van der Waals surface area contributed by atoms with E-state index in [2.05, 4.69) is 15.3 Å². The molecule has 120 valence electrons. The Balaban J connectivity index is 2.03. The van der Waals surface area contributed by atoms with E-state index in [-0.39, 0.29) is 11.4 Å². The quantitative estimate of drug-likeness (QED) is 0.495. The van der Waals surface area contributed by atoms with Crippen LogP contribution < -0.4 is 10.2 Å². The molecule has 0 unspecified atom stereocenters. The Kier molecular flexibility index (Phi) is 5.19. The van der Waals surface area contributed by atoms with Crippen LogP contribution in [0, 0.1) is 10.1 Å². The lowest BCUT2D eigenvalue weighted by Gasteiger charge is -2.06. The van der Waals surface area contributed by atoms with Gasteiger partial charge in [-0.05, 0) is 48.9 Å². The first-order valence-corrected chi connectivity index (χ1v) is 6.55. The zero-order valence-electron chi connectivity index (χ0n) is 12.1. The molecule has 2 aromatic rings. The van der Waals surface area contributed by atoms with Crippen LogP contribution in [0.25, 0.3) is 0 Å². The predicted octanol–water partition coefficient (Wildman–Crippen LogP) is 4.03. The molecular formula is C15H13F2N3O3. The maximum Gasteiger partial charge on any atom is 0.387 e. The SMILES string of the molecule is C/C(=N/Nc1ccc([N+](=O)[O-])cc1)c1ccc(OC(F)F)cc1. The number of nitrogens with zero attached hydrogens (tertiary/aromatic N) is 2. The lowest BCUT2D eigenvalue weighted by molar-refractivity contribution is -0.384. The van der Waals surface area contributed by atoms with E-state index in [1.54, 1.807) is 19.1 Å². The minimum Gasteiger partial charge on any atom is -0.435 e. The lowest BCUT2D eigenvalue weighted by atomic mass is 10.1. The average Bonchev–Trinajstić information content (AvgIpc) is 2.53. The first kappa shape index (κ1) is 16.3. The Labute approximate surface area is 130 Å². The van der Waals surface area contributed by atoms with Gasteiger partial charge in [0.05, 0.1) is 16.3 Å². The molecule has 0 aliphatic heterocycles. The monoisotopic (exact) mass is 321 g/mol. The van der Waals surface area contributed by atoms with Crippen molar-refractivity contribution in [1.82, 2.24) is 0 Å². The molecule has 0 aliphatic rings. The molecule has 0 radical (unpaired) electrons. The third kappa shape index (κ3) is 4.73. The summed E-state index contributed by atoms with van der Waals surface area (Å²) in [6, 6.07) is 11.9. The molecule has 6 nitrogen and oxygen atoms in total. The highest BCUT2D eigenvalue weighted by molar-refractivity contribution is 5.99. The van der Waals surface area contributed by atoms with Crippen molar-refractivity contribution in [1.29, 1.82) is 0 Å². The first-order chi connectivity index (χ1) is 11.0. The number of rotatable bonds is 6. The Hall–Kier alpha value is -3.03. The van der Waals surface area contributed by atoms with Crippen molar-refractivity contribution in [2.24, 2.45) is 5.10 Å². The van der Waals surface area contributed by atoms with Gasteiger partial charge in [-0.3, -0.25) is 15.5 Å². The van der Waals surface area contributed by atoms with E-state index in [1.165, 1.54) is 36.4 Å². The summed E-state index contributed by atoms with van der Waals surface area (Å²) in [4.78, 5) is 10.1. The van der Waals surface area contributed by atoms with Crippen LogP contribution >= 0.6 is 0 Å². The van der Waals surface area contributed by atoms with E-state index in [9.17, 15) is 18.9 Å². The maximum absolute atomic E-state index is 12.1. The Bertz CT molecular complexity index is 701. The number of ether oxygens (including phenoxy) is 1. The number of hydrogen-bond acceptors (Lipinski definition) is 5. The molecule has 0 heterocycles. The number of nitro benzene ring substituents is 1. The van der Waals surface area contributed by atoms with E-state index in [4.69, 9.17) is 0 Å². The number of non-ortho nitro benzene ring substituents is 1. The first-order valence-electron chi connectivity index (χ1n) is 6.55. The third-order valence-electron chi connectivity index (χ3n) is 2.93. The van der Waals surface area contributed by atoms with Gasteiger partial charge >= 0.3 is 6.61 Å². The number of alkyl halides is 2. The van der Waals surface area contributed by atoms with Gasteiger partial charge in [-0.15, -0.1) is 0 Å². The Morgan fingerprint density at radius 3 is 2.30 bits per heavy atom. The zero-order chi connectivity index (χ0) is 16.8. The molecule has 1 N–H and O–H groups in total. The summed E-state index contributed by atoms with van der Waals surface area (Å²) < 4.78 is 28.4. The number of nitrogens with one attached hydrogen (secondary N) is 1. The van der Waals surface area contributed by atoms with Gasteiger partial charge in [0.15, 0.2) is 0 Å². The topological polar surface area (TPSA) is 76.8 Å². The van der Waals surface area contributed by atoms with E-state index in [1.807, 2.05) is 0 Å². The van der Waals surface area contributed by atoms with Crippen LogP contribution in [0.2, 0.25) is 0 Å². The molecule has 0 spiro atoms. The van der Waals surface area contributed by atoms with Gasteiger partial charge in [0.1, 0.15) is 5.75 Å². The highest BCUT2D eigenvalue weighted by Crippen LogP contribution is 2.17. The Morgan fingerprint density at radius 2 is 1.78 bits per heavy atom. The minimum absolute atomic E-state index is 0.00845. The fourth-order valence-electron chi connectivity index (χ4n) is 1.75. The van der Waals surface area contributed by atoms with Crippen molar-refractivity contribution in [2.45, 2.75) is 13.5 Å². The normalized spacial score (nSPS) is 11.4. The fraction of sp³-hybridized carbons (Fsp3) is 0.133. The lowest BCUT2D eigenvalue weighted by Crippen LogP contribution is -2.03. The second-order valence-corrected chi connectivity index (χ2v) is 4.52. The van der Waals surface area contributed by atoms with E-state index >= 15 is 0 Å². The number of nitro groups is 1. The van der Waals surface area contributed by atoms with Crippen LogP contribution in [0.4, 0.5) is 20.2 Å². The van der Waals surface area contributed by atoms with Crippen molar-refractivity contribution < 1.29 is 18.4 Å². The van der Waals surface area contributed by atoms with Crippen LogP contribution in [-0.2, 0) is 0 Å². The van der Waals surface area contributed by atoms with Gasteiger partial charge in [0.25, 0.3) is 5.69 Å². The Morgan fingerprint density at radius 1 is 1.17 bits per heavy atom. The highest BCUT2D eigenvalue weighted by atomic mass is 19.3. The number of halogens is 2. The van der Waals surface area contributed by atoms with E-state index in [0.29, 0.717) is 11.4 Å². The second-order valence-electron chi connectivity index (χ2n) is 4.52. The van der Waals surface area contributed by atoms with Gasteiger partial charge in [0, 0.05) is 12.1 Å². The number of hydrazone groups is 1. The number of benzene rings is 2. The molecule has 8 heteroatoms. The number of hydrogen-bond donors (Lipinski definition) is 1. The molecular weight excluding hydrogens is 308 g/mol. The molecule has 0 aliphatic carbocycles. The molecule has 0 bridgehead atoms. The molecule has 0 amide bonds. The fourth-order valence-corrected chi connectivity index (χ4v) is 1.75. The van der Waals surface area contributed by atoms with Crippen LogP contribution in [0.1, 0.15) is 12.5 Å². The standard InChI is InChI=1S/C15H13F2N3O3/c1-10(11-2-8-14(9-3-11)23-15(16)17)18-19-12-4-6-13(7-5-12)20(21)22/h2-9,15,19H,1H3/b18-10-. The van der Waals surface area contributed by atoms with Crippen molar-refractivity contribution in [3.05, 3.63) is 64.2 Å². The smallest absolute Gasteiger partial charge is 0.387 e. The van der Waals surface area contributed by atoms with Gasteiger partial charge in [0.2, 0.25) is 0 Å². The largest absolute Gasteiger partial charge is 0.435 e. The summed E-state index contributed by atoms with van der Waals surface area (Å²) in [5, 5.41) is 14.7. The molecule has 0 fully saturated rings. The van der Waals surface area contributed by atoms with E-state index < -0.39 is 11.5 Å². The van der Waals surface area contributed by atoms with Crippen molar-refractivity contribution >= 4 is 17.1 Å². The molecule has 23 heavy (non-hydrogen) atoms. The van der Waals surface area contributed by atoms with Crippen LogP contribution in [0.3, 0.4) is 0 Å². The predicted molar refractivity (Wildman–Crippen MR) is 82.0 cm³/mol. The molecule has 0 atom stereocenters. The molecule has 0 aromatic heterocycles. The van der Waals surface area contributed by atoms with Gasteiger partial charge in [-0.2, -0.15) is 13.9 Å². The van der Waals surface area contributed by atoms with Gasteiger partial charge < -0.3 is 4.74 Å². The average molecular weight is 321 g/mol. The summed E-state index contributed by atoms with van der Waals surface area (Å²) in [6.07, 6.45) is 0. The van der Waals surface area contributed by atoms with Crippen molar-refractivity contribution in [3.8, 4) is 5.75 Å². The minimum atomic E-state index is -2.86. The van der Waals surface area contributed by atoms with Crippen molar-refractivity contribution in [2.75, 3.05) is 5.43 Å².